The van der Waals surface area contributed by atoms with Gasteiger partial charge in [0.15, 0.2) is 0 Å². The lowest BCUT2D eigenvalue weighted by Gasteiger charge is -2.37. The summed E-state index contributed by atoms with van der Waals surface area (Å²) in [6, 6.07) is 17.1. The lowest BCUT2D eigenvalue weighted by Crippen LogP contribution is -2.45. The molecule has 0 aliphatic carbocycles. The number of piperidine rings is 2. The molecule has 2 aromatic carbocycles. The Balaban J connectivity index is 1.20. The van der Waals surface area contributed by atoms with E-state index in [-0.39, 0.29) is 30.9 Å². The van der Waals surface area contributed by atoms with Gasteiger partial charge in [-0.3, -0.25) is 0 Å². The summed E-state index contributed by atoms with van der Waals surface area (Å²) in [5.74, 6) is 0. The van der Waals surface area contributed by atoms with Gasteiger partial charge in [0.2, 0.25) is 0 Å². The Hall–Kier alpha value is -2.81. The van der Waals surface area contributed by atoms with Crippen LogP contribution in [-0.2, 0) is 20.8 Å². The standard InChI is InChI=1S/C32H44ClN3O5/c1-32(2,3)41-31(38)36-21-15-28(16-22-36)40-27-13-18-35(19-14-27)20-17-29(25-9-11-26(33)12-10-25)34-30(37)39-23-24-7-5-4-6-8-24/h4-12,27-29H,13-23H2,1-3H3,(H,34,37)/t29-/m0/s1. The normalized spacial score (nSPS) is 18.1. The van der Waals surface area contributed by atoms with Crippen LogP contribution in [0.5, 0.6) is 0 Å². The lowest BCUT2D eigenvalue weighted by atomic mass is 10.0. The molecule has 2 amide bonds. The van der Waals surface area contributed by atoms with Crippen molar-refractivity contribution < 1.29 is 23.8 Å². The second-order valence-corrected chi connectivity index (χ2v) is 12.4. The molecule has 0 spiro atoms. The van der Waals surface area contributed by atoms with E-state index in [0.29, 0.717) is 18.1 Å². The fraction of sp³-hybridized carbons (Fsp3) is 0.562. The van der Waals surface area contributed by atoms with Crippen molar-refractivity contribution in [3.8, 4) is 0 Å². The van der Waals surface area contributed by atoms with Crippen molar-refractivity contribution in [3.05, 3.63) is 70.7 Å². The summed E-state index contributed by atoms with van der Waals surface area (Å²) >= 11 is 6.11. The Kier molecular flexibility index (Phi) is 11.3. The Morgan fingerprint density at radius 3 is 2.15 bits per heavy atom. The molecular weight excluding hydrogens is 542 g/mol. The molecule has 2 aliphatic rings. The van der Waals surface area contributed by atoms with Crippen molar-refractivity contribution in [3.63, 3.8) is 0 Å². The van der Waals surface area contributed by atoms with E-state index in [9.17, 15) is 9.59 Å². The molecule has 8 nitrogen and oxygen atoms in total. The fourth-order valence-corrected chi connectivity index (χ4v) is 5.40. The Bertz CT molecular complexity index is 1090. The summed E-state index contributed by atoms with van der Waals surface area (Å²) in [7, 11) is 0. The van der Waals surface area contributed by atoms with Gasteiger partial charge in [-0.2, -0.15) is 0 Å². The van der Waals surface area contributed by atoms with Gasteiger partial charge >= 0.3 is 12.2 Å². The molecule has 2 aromatic rings. The fourth-order valence-electron chi connectivity index (χ4n) is 5.28. The van der Waals surface area contributed by atoms with Crippen molar-refractivity contribution in [1.82, 2.24) is 15.1 Å². The molecule has 1 N–H and O–H groups in total. The second kappa shape index (κ2) is 14.9. The summed E-state index contributed by atoms with van der Waals surface area (Å²) in [5, 5.41) is 3.72. The zero-order valence-electron chi connectivity index (χ0n) is 24.5. The molecule has 2 saturated heterocycles. The molecule has 2 fully saturated rings. The molecule has 4 rings (SSSR count). The average molecular weight is 586 g/mol. The van der Waals surface area contributed by atoms with Crippen LogP contribution in [0, 0.1) is 0 Å². The van der Waals surface area contributed by atoms with E-state index in [1.54, 1.807) is 4.90 Å². The number of alkyl carbamates (subject to hydrolysis) is 1. The molecule has 2 heterocycles. The number of carbonyl (C=O) groups is 2. The van der Waals surface area contributed by atoms with Gasteiger partial charge in [0.05, 0.1) is 18.2 Å². The number of halogens is 1. The third kappa shape index (κ3) is 10.5. The van der Waals surface area contributed by atoms with Crippen LogP contribution >= 0.6 is 11.6 Å². The predicted octanol–water partition coefficient (Wildman–Crippen LogP) is 6.58. The van der Waals surface area contributed by atoms with E-state index < -0.39 is 11.7 Å². The number of nitrogens with zero attached hydrogens (tertiary/aromatic N) is 2. The third-order valence-electron chi connectivity index (χ3n) is 7.52. The number of hydrogen-bond donors (Lipinski definition) is 1. The van der Waals surface area contributed by atoms with Crippen LogP contribution in [0.2, 0.25) is 5.02 Å². The van der Waals surface area contributed by atoms with Gasteiger partial charge in [-0.1, -0.05) is 54.1 Å². The SMILES string of the molecule is CC(C)(C)OC(=O)N1CCC(OC2CCN(CC[C@H](NC(=O)OCc3ccccc3)c3ccc(Cl)cc3)CC2)CC1. The summed E-state index contributed by atoms with van der Waals surface area (Å²) in [6.07, 6.45) is 4.15. The molecule has 9 heteroatoms. The quantitative estimate of drug-likeness (QED) is 0.358. The average Bonchev–Trinajstić information content (AvgIpc) is 2.95. The first kappa shape index (κ1) is 31.1. The van der Waals surface area contributed by atoms with Crippen LogP contribution < -0.4 is 5.32 Å². The van der Waals surface area contributed by atoms with Crippen LogP contribution in [0.4, 0.5) is 9.59 Å². The van der Waals surface area contributed by atoms with Crippen molar-refractivity contribution in [2.45, 2.75) is 83.3 Å². The summed E-state index contributed by atoms with van der Waals surface area (Å²) < 4.78 is 17.4. The Labute approximate surface area is 249 Å². The zero-order valence-corrected chi connectivity index (χ0v) is 25.3. The Morgan fingerprint density at radius 1 is 0.927 bits per heavy atom. The number of benzene rings is 2. The smallest absolute Gasteiger partial charge is 0.410 e. The van der Waals surface area contributed by atoms with E-state index in [1.165, 1.54) is 0 Å². The molecule has 0 unspecified atom stereocenters. The first-order valence-corrected chi connectivity index (χ1v) is 15.1. The first-order valence-electron chi connectivity index (χ1n) is 14.7. The van der Waals surface area contributed by atoms with Gasteiger partial charge < -0.3 is 29.3 Å². The topological polar surface area (TPSA) is 80.3 Å². The maximum atomic E-state index is 12.7. The number of nitrogens with one attached hydrogen (secondary N) is 1. The predicted molar refractivity (Wildman–Crippen MR) is 160 cm³/mol. The van der Waals surface area contributed by atoms with Crippen LogP contribution in [0.3, 0.4) is 0 Å². The summed E-state index contributed by atoms with van der Waals surface area (Å²) in [4.78, 5) is 29.2. The monoisotopic (exact) mass is 585 g/mol. The van der Waals surface area contributed by atoms with Crippen LogP contribution in [0.15, 0.2) is 54.6 Å². The van der Waals surface area contributed by atoms with Crippen molar-refractivity contribution >= 4 is 23.8 Å². The van der Waals surface area contributed by atoms with E-state index in [0.717, 1.165) is 62.9 Å². The Morgan fingerprint density at radius 2 is 1.54 bits per heavy atom. The molecule has 1 atom stereocenters. The molecule has 0 radical (unpaired) electrons. The summed E-state index contributed by atoms with van der Waals surface area (Å²) in [6.45, 7) is 10.0. The van der Waals surface area contributed by atoms with Gasteiger partial charge in [0.25, 0.3) is 0 Å². The highest BCUT2D eigenvalue weighted by atomic mass is 35.5. The molecule has 2 aliphatic heterocycles. The van der Waals surface area contributed by atoms with Gasteiger partial charge in [-0.15, -0.1) is 0 Å². The molecule has 224 valence electrons. The molecular formula is C32H44ClN3O5. The number of rotatable bonds is 9. The second-order valence-electron chi connectivity index (χ2n) is 11.9. The summed E-state index contributed by atoms with van der Waals surface area (Å²) in [5.41, 5.74) is 1.47. The van der Waals surface area contributed by atoms with Crippen molar-refractivity contribution in [2.75, 3.05) is 32.7 Å². The third-order valence-corrected chi connectivity index (χ3v) is 7.78. The van der Waals surface area contributed by atoms with E-state index in [2.05, 4.69) is 10.2 Å². The molecule has 0 bridgehead atoms. The minimum Gasteiger partial charge on any atom is -0.445 e. The number of carbonyl (C=O) groups excluding carboxylic acids is 2. The van der Waals surface area contributed by atoms with Crippen LogP contribution in [-0.4, -0.2) is 72.5 Å². The maximum absolute atomic E-state index is 12.7. The largest absolute Gasteiger partial charge is 0.445 e. The van der Waals surface area contributed by atoms with E-state index in [1.807, 2.05) is 75.4 Å². The molecule has 0 aromatic heterocycles. The highest BCUT2D eigenvalue weighted by Crippen LogP contribution is 2.24. The van der Waals surface area contributed by atoms with Crippen molar-refractivity contribution in [2.24, 2.45) is 0 Å². The number of hydrogen-bond acceptors (Lipinski definition) is 6. The van der Waals surface area contributed by atoms with E-state index in [4.69, 9.17) is 25.8 Å². The minimum atomic E-state index is -0.477. The van der Waals surface area contributed by atoms with Crippen molar-refractivity contribution in [1.29, 1.82) is 0 Å². The van der Waals surface area contributed by atoms with E-state index >= 15 is 0 Å². The van der Waals surface area contributed by atoms with Crippen LogP contribution in [0.25, 0.3) is 0 Å². The maximum Gasteiger partial charge on any atom is 0.410 e. The van der Waals surface area contributed by atoms with Gasteiger partial charge in [0, 0.05) is 37.7 Å². The van der Waals surface area contributed by atoms with Gasteiger partial charge in [-0.25, -0.2) is 9.59 Å². The molecule has 0 saturated carbocycles. The lowest BCUT2D eigenvalue weighted by molar-refractivity contribution is -0.0663. The van der Waals surface area contributed by atoms with Crippen LogP contribution in [0.1, 0.15) is 70.0 Å². The zero-order chi connectivity index (χ0) is 29.2. The van der Waals surface area contributed by atoms with Gasteiger partial charge in [0.1, 0.15) is 12.2 Å². The number of ether oxygens (including phenoxy) is 3. The first-order chi connectivity index (χ1) is 19.6. The minimum absolute atomic E-state index is 0.181. The molecule has 41 heavy (non-hydrogen) atoms. The highest BCUT2D eigenvalue weighted by Gasteiger charge is 2.30. The highest BCUT2D eigenvalue weighted by molar-refractivity contribution is 6.30. The number of amides is 2. The van der Waals surface area contributed by atoms with Gasteiger partial charge in [-0.05, 0) is 76.1 Å². The number of likely N-dealkylation sites (tertiary alicyclic amines) is 2.